The van der Waals surface area contributed by atoms with Gasteiger partial charge in [-0.15, -0.1) is 0 Å². The Bertz CT molecular complexity index is 756. The fourth-order valence-electron chi connectivity index (χ4n) is 1.98. The number of nitrogens with zero attached hydrogens (tertiary/aromatic N) is 2. The van der Waals surface area contributed by atoms with Crippen LogP contribution >= 0.6 is 22.6 Å². The summed E-state index contributed by atoms with van der Waals surface area (Å²) in [7, 11) is 0. The fourth-order valence-corrected chi connectivity index (χ4v) is 2.49. The van der Waals surface area contributed by atoms with Crippen molar-refractivity contribution in [2.45, 2.75) is 13.5 Å². The molecule has 2 aromatic carbocycles. The lowest BCUT2D eigenvalue weighted by Crippen LogP contribution is -2.03. The van der Waals surface area contributed by atoms with Crippen LogP contribution < -0.4 is 5.32 Å². The van der Waals surface area contributed by atoms with Crippen molar-refractivity contribution < 1.29 is 0 Å². The predicted octanol–water partition coefficient (Wildman–Crippen LogP) is 4.15. The Morgan fingerprint density at radius 1 is 1.10 bits per heavy atom. The smallest absolute Gasteiger partial charge is 0.0890 e. The summed E-state index contributed by atoms with van der Waals surface area (Å²) >= 11 is 2.35. The molecule has 0 aliphatic carbocycles. The average molecular weight is 375 g/mol. The van der Waals surface area contributed by atoms with Crippen molar-refractivity contribution in [1.82, 2.24) is 9.97 Å². The summed E-state index contributed by atoms with van der Waals surface area (Å²) in [6.07, 6.45) is 1.83. The summed E-state index contributed by atoms with van der Waals surface area (Å²) in [5.41, 5.74) is 5.21. The van der Waals surface area contributed by atoms with E-state index < -0.39 is 0 Å². The van der Waals surface area contributed by atoms with E-state index in [1.165, 1.54) is 9.13 Å². The highest BCUT2D eigenvalue weighted by atomic mass is 127. The number of benzene rings is 2. The summed E-state index contributed by atoms with van der Waals surface area (Å²) in [5, 5.41) is 3.39. The van der Waals surface area contributed by atoms with Crippen LogP contribution in [0.3, 0.4) is 0 Å². The van der Waals surface area contributed by atoms with Crippen LogP contribution in [0.15, 0.2) is 48.7 Å². The SMILES string of the molecule is Cc1ccc(NCc2cnc3ccccc3n2)cc1I. The molecule has 20 heavy (non-hydrogen) atoms. The van der Waals surface area contributed by atoms with Gasteiger partial charge in [-0.05, 0) is 59.3 Å². The van der Waals surface area contributed by atoms with Crippen LogP contribution in [0.25, 0.3) is 11.0 Å². The molecule has 1 aromatic heterocycles. The van der Waals surface area contributed by atoms with Gasteiger partial charge in [0.1, 0.15) is 0 Å². The van der Waals surface area contributed by atoms with Gasteiger partial charge in [-0.1, -0.05) is 18.2 Å². The molecular formula is C16H14IN3. The van der Waals surface area contributed by atoms with E-state index in [0.29, 0.717) is 6.54 Å². The maximum atomic E-state index is 4.60. The van der Waals surface area contributed by atoms with Crippen LogP contribution in [-0.2, 0) is 6.54 Å². The zero-order chi connectivity index (χ0) is 13.9. The topological polar surface area (TPSA) is 37.8 Å². The Balaban J connectivity index is 1.77. The molecule has 3 aromatic rings. The number of halogens is 1. The molecule has 0 saturated heterocycles. The molecule has 0 saturated carbocycles. The number of rotatable bonds is 3. The molecule has 0 aliphatic heterocycles. The minimum absolute atomic E-state index is 0.678. The third-order valence-electron chi connectivity index (χ3n) is 3.14. The van der Waals surface area contributed by atoms with Gasteiger partial charge < -0.3 is 5.32 Å². The van der Waals surface area contributed by atoms with Gasteiger partial charge in [0.15, 0.2) is 0 Å². The molecule has 0 aliphatic rings. The third kappa shape index (κ3) is 2.90. The number of para-hydroxylation sites is 2. The number of aryl methyl sites for hydroxylation is 1. The van der Waals surface area contributed by atoms with Crippen molar-refractivity contribution >= 4 is 39.3 Å². The second-order valence-corrected chi connectivity index (χ2v) is 5.83. The second-order valence-electron chi connectivity index (χ2n) is 4.67. The summed E-state index contributed by atoms with van der Waals surface area (Å²) in [6.45, 7) is 2.79. The van der Waals surface area contributed by atoms with E-state index in [9.17, 15) is 0 Å². The van der Waals surface area contributed by atoms with Crippen molar-refractivity contribution in [2.75, 3.05) is 5.32 Å². The van der Waals surface area contributed by atoms with Crippen molar-refractivity contribution in [3.05, 3.63) is 63.5 Å². The van der Waals surface area contributed by atoms with Gasteiger partial charge >= 0.3 is 0 Å². The standard InChI is InChI=1S/C16H14IN3/c1-11-6-7-12(8-14(11)17)18-9-13-10-19-15-4-2-3-5-16(15)20-13/h2-8,10,18H,9H2,1H3. The Labute approximate surface area is 131 Å². The number of aromatic nitrogens is 2. The van der Waals surface area contributed by atoms with Crippen molar-refractivity contribution in [2.24, 2.45) is 0 Å². The predicted molar refractivity (Wildman–Crippen MR) is 90.8 cm³/mol. The first-order chi connectivity index (χ1) is 9.72. The molecule has 100 valence electrons. The quantitative estimate of drug-likeness (QED) is 0.699. The molecule has 0 spiro atoms. The highest BCUT2D eigenvalue weighted by Crippen LogP contribution is 2.17. The highest BCUT2D eigenvalue weighted by molar-refractivity contribution is 14.1. The number of hydrogen-bond donors (Lipinski definition) is 1. The normalized spacial score (nSPS) is 10.7. The summed E-state index contributed by atoms with van der Waals surface area (Å²) in [4.78, 5) is 9.02. The van der Waals surface area contributed by atoms with Crippen LogP contribution in [0.1, 0.15) is 11.3 Å². The number of anilines is 1. The lowest BCUT2D eigenvalue weighted by atomic mass is 10.2. The summed E-state index contributed by atoms with van der Waals surface area (Å²) in [6, 6.07) is 14.3. The van der Waals surface area contributed by atoms with E-state index in [-0.39, 0.29) is 0 Å². The van der Waals surface area contributed by atoms with Crippen LogP contribution in [0.5, 0.6) is 0 Å². The molecule has 0 unspecified atom stereocenters. The Morgan fingerprint density at radius 3 is 2.70 bits per heavy atom. The molecule has 0 amide bonds. The second kappa shape index (κ2) is 5.75. The molecular weight excluding hydrogens is 361 g/mol. The van der Waals surface area contributed by atoms with E-state index in [0.717, 1.165) is 22.4 Å². The first-order valence-electron chi connectivity index (χ1n) is 6.43. The van der Waals surface area contributed by atoms with Crippen LogP contribution in [0.4, 0.5) is 5.69 Å². The number of hydrogen-bond acceptors (Lipinski definition) is 3. The molecule has 3 nitrogen and oxygen atoms in total. The van der Waals surface area contributed by atoms with Crippen molar-refractivity contribution in [3.63, 3.8) is 0 Å². The van der Waals surface area contributed by atoms with Crippen LogP contribution in [0, 0.1) is 10.5 Å². The lowest BCUT2D eigenvalue weighted by molar-refractivity contribution is 1.04. The first-order valence-corrected chi connectivity index (χ1v) is 7.51. The molecule has 0 fully saturated rings. The largest absolute Gasteiger partial charge is 0.379 e. The van der Waals surface area contributed by atoms with Gasteiger partial charge in [-0.2, -0.15) is 0 Å². The van der Waals surface area contributed by atoms with Gasteiger partial charge in [0.25, 0.3) is 0 Å². The van der Waals surface area contributed by atoms with Gasteiger partial charge in [0.2, 0.25) is 0 Å². The number of fused-ring (bicyclic) bond motifs is 1. The van der Waals surface area contributed by atoms with E-state index >= 15 is 0 Å². The minimum atomic E-state index is 0.678. The van der Waals surface area contributed by atoms with E-state index in [4.69, 9.17) is 0 Å². The highest BCUT2D eigenvalue weighted by Gasteiger charge is 2.01. The fraction of sp³-hybridized carbons (Fsp3) is 0.125. The first kappa shape index (κ1) is 13.3. The van der Waals surface area contributed by atoms with Crippen LogP contribution in [0.2, 0.25) is 0 Å². The molecule has 0 radical (unpaired) electrons. The zero-order valence-corrected chi connectivity index (χ0v) is 13.3. The monoisotopic (exact) mass is 375 g/mol. The molecule has 3 rings (SSSR count). The lowest BCUT2D eigenvalue weighted by Gasteiger charge is -2.08. The zero-order valence-electron chi connectivity index (χ0n) is 11.1. The van der Waals surface area contributed by atoms with Crippen molar-refractivity contribution in [3.8, 4) is 0 Å². The Kier molecular flexibility index (Phi) is 3.82. The molecule has 0 bridgehead atoms. The van der Waals surface area contributed by atoms with Gasteiger partial charge in [0.05, 0.1) is 29.5 Å². The van der Waals surface area contributed by atoms with E-state index in [1.807, 2.05) is 30.5 Å². The van der Waals surface area contributed by atoms with E-state index in [1.54, 1.807) is 0 Å². The Hall–Kier alpha value is -1.69. The van der Waals surface area contributed by atoms with Gasteiger partial charge in [-0.25, -0.2) is 4.98 Å². The third-order valence-corrected chi connectivity index (χ3v) is 4.31. The summed E-state index contributed by atoms with van der Waals surface area (Å²) < 4.78 is 1.26. The van der Waals surface area contributed by atoms with E-state index in [2.05, 4.69) is 63.0 Å². The molecule has 0 atom stereocenters. The number of nitrogens with one attached hydrogen (secondary N) is 1. The maximum absolute atomic E-state index is 4.60. The van der Waals surface area contributed by atoms with Gasteiger partial charge in [0, 0.05) is 9.26 Å². The molecule has 1 N–H and O–H groups in total. The minimum Gasteiger partial charge on any atom is -0.379 e. The molecule has 1 heterocycles. The van der Waals surface area contributed by atoms with Gasteiger partial charge in [-0.3, -0.25) is 4.98 Å². The molecule has 4 heteroatoms. The Morgan fingerprint density at radius 2 is 1.90 bits per heavy atom. The summed E-state index contributed by atoms with van der Waals surface area (Å²) in [5.74, 6) is 0. The van der Waals surface area contributed by atoms with Crippen molar-refractivity contribution in [1.29, 1.82) is 0 Å². The maximum Gasteiger partial charge on any atom is 0.0890 e. The average Bonchev–Trinajstić information content (AvgIpc) is 2.48. The van der Waals surface area contributed by atoms with Crippen LogP contribution in [-0.4, -0.2) is 9.97 Å².